The molecule has 1 heterocycles. The molecule has 2 rings (SSSR count). The lowest BCUT2D eigenvalue weighted by atomic mass is 9.91. The number of halogens is 2. The molecule has 0 aromatic heterocycles. The summed E-state index contributed by atoms with van der Waals surface area (Å²) in [6.07, 6.45) is 2.88. The van der Waals surface area contributed by atoms with E-state index in [9.17, 15) is 18.4 Å². The molecule has 26 heavy (non-hydrogen) atoms. The predicted molar refractivity (Wildman–Crippen MR) is 93.6 cm³/mol. The fourth-order valence-corrected chi connectivity index (χ4v) is 3.22. The van der Waals surface area contributed by atoms with Gasteiger partial charge in [0, 0.05) is 25.2 Å². The first-order chi connectivity index (χ1) is 12.5. The monoisotopic (exact) mass is 368 g/mol. The second kappa shape index (κ2) is 10.1. The zero-order valence-corrected chi connectivity index (χ0v) is 15.1. The Morgan fingerprint density at radius 2 is 2.04 bits per heavy atom. The van der Waals surface area contributed by atoms with Crippen molar-refractivity contribution in [1.29, 1.82) is 0 Å². The standard InChI is InChI=1S/C19H26F2N2O3/c1-2-26-18(24)10-11-22-19(25)23-12-4-5-14(13-23)8-9-15-16(20)6-3-7-17(15)21/h3,6-7,14H,2,4-5,8-13H2,1H3,(H,22,25)/t14-/m0/s1. The minimum Gasteiger partial charge on any atom is -0.466 e. The normalized spacial score (nSPS) is 17.0. The van der Waals surface area contributed by atoms with Crippen LogP contribution in [0, 0.1) is 17.6 Å². The van der Waals surface area contributed by atoms with Crippen molar-refractivity contribution >= 4 is 12.0 Å². The van der Waals surface area contributed by atoms with Gasteiger partial charge in [-0.05, 0) is 50.7 Å². The van der Waals surface area contributed by atoms with Crippen molar-refractivity contribution in [3.05, 3.63) is 35.4 Å². The molecule has 1 aliphatic heterocycles. The van der Waals surface area contributed by atoms with E-state index in [0.717, 1.165) is 12.8 Å². The summed E-state index contributed by atoms with van der Waals surface area (Å²) < 4.78 is 32.2. The Kier molecular flexibility index (Phi) is 7.81. The first-order valence-electron chi connectivity index (χ1n) is 9.12. The summed E-state index contributed by atoms with van der Waals surface area (Å²) in [6, 6.07) is 3.68. The van der Waals surface area contributed by atoms with Gasteiger partial charge >= 0.3 is 12.0 Å². The van der Waals surface area contributed by atoms with Crippen molar-refractivity contribution in [3.63, 3.8) is 0 Å². The van der Waals surface area contributed by atoms with Crippen LogP contribution in [0.25, 0.3) is 0 Å². The molecule has 0 saturated carbocycles. The third-order valence-corrected chi connectivity index (χ3v) is 4.58. The number of piperidine rings is 1. The number of benzene rings is 1. The van der Waals surface area contributed by atoms with Crippen LogP contribution in [0.15, 0.2) is 18.2 Å². The number of esters is 1. The van der Waals surface area contributed by atoms with Gasteiger partial charge < -0.3 is 15.0 Å². The van der Waals surface area contributed by atoms with Gasteiger partial charge in [0.05, 0.1) is 13.0 Å². The van der Waals surface area contributed by atoms with Crippen molar-refractivity contribution in [2.75, 3.05) is 26.2 Å². The van der Waals surface area contributed by atoms with Gasteiger partial charge in [-0.15, -0.1) is 0 Å². The molecule has 1 N–H and O–H groups in total. The molecule has 1 aliphatic rings. The maximum atomic E-state index is 13.7. The lowest BCUT2D eigenvalue weighted by Crippen LogP contribution is -2.46. The number of nitrogens with zero attached hydrogens (tertiary/aromatic N) is 1. The summed E-state index contributed by atoms with van der Waals surface area (Å²) in [4.78, 5) is 25.2. The first kappa shape index (κ1) is 20.1. The van der Waals surface area contributed by atoms with Crippen LogP contribution in [0.5, 0.6) is 0 Å². The fourth-order valence-electron chi connectivity index (χ4n) is 3.22. The number of hydrogen-bond acceptors (Lipinski definition) is 3. The van der Waals surface area contributed by atoms with E-state index in [0.29, 0.717) is 32.5 Å². The van der Waals surface area contributed by atoms with Gasteiger partial charge in [0.2, 0.25) is 0 Å². The number of amides is 2. The number of ether oxygens (including phenoxy) is 1. The fraction of sp³-hybridized carbons (Fsp3) is 0.579. The van der Waals surface area contributed by atoms with Crippen LogP contribution in [0.3, 0.4) is 0 Å². The van der Waals surface area contributed by atoms with E-state index in [1.54, 1.807) is 11.8 Å². The number of rotatable bonds is 7. The SMILES string of the molecule is CCOC(=O)CCNC(=O)N1CCC[C@@H](CCc2c(F)cccc2F)C1. The Bertz CT molecular complexity index is 605. The second-order valence-corrected chi connectivity index (χ2v) is 6.48. The Labute approximate surface area is 152 Å². The van der Waals surface area contributed by atoms with E-state index in [2.05, 4.69) is 5.32 Å². The number of nitrogens with one attached hydrogen (secondary N) is 1. The van der Waals surface area contributed by atoms with Gasteiger partial charge in [-0.25, -0.2) is 13.6 Å². The Hall–Kier alpha value is -2.18. The number of carbonyl (C=O) groups excluding carboxylic acids is 2. The largest absolute Gasteiger partial charge is 0.466 e. The van der Waals surface area contributed by atoms with Crippen molar-refractivity contribution < 1.29 is 23.1 Å². The molecule has 1 aromatic rings. The highest BCUT2D eigenvalue weighted by Gasteiger charge is 2.24. The lowest BCUT2D eigenvalue weighted by molar-refractivity contribution is -0.142. The molecule has 1 aromatic carbocycles. The van der Waals surface area contributed by atoms with Gasteiger partial charge in [0.25, 0.3) is 0 Å². The molecule has 0 aliphatic carbocycles. The molecule has 7 heteroatoms. The van der Waals surface area contributed by atoms with Crippen molar-refractivity contribution in [1.82, 2.24) is 10.2 Å². The van der Waals surface area contributed by atoms with Crippen LogP contribution >= 0.6 is 0 Å². The van der Waals surface area contributed by atoms with E-state index in [4.69, 9.17) is 4.74 Å². The average Bonchev–Trinajstić information content (AvgIpc) is 2.61. The van der Waals surface area contributed by atoms with Crippen LogP contribution in [0.2, 0.25) is 0 Å². The Morgan fingerprint density at radius 1 is 1.31 bits per heavy atom. The van der Waals surface area contributed by atoms with E-state index in [1.807, 2.05) is 0 Å². The lowest BCUT2D eigenvalue weighted by Gasteiger charge is -2.33. The first-order valence-corrected chi connectivity index (χ1v) is 9.12. The highest BCUT2D eigenvalue weighted by Crippen LogP contribution is 2.23. The summed E-state index contributed by atoms with van der Waals surface area (Å²) in [5.74, 6) is -1.17. The van der Waals surface area contributed by atoms with Crippen LogP contribution in [0.1, 0.15) is 38.2 Å². The quantitative estimate of drug-likeness (QED) is 0.752. The summed E-state index contributed by atoms with van der Waals surface area (Å²) >= 11 is 0. The van der Waals surface area contributed by atoms with Crippen molar-refractivity contribution in [2.45, 2.75) is 39.0 Å². The highest BCUT2D eigenvalue weighted by molar-refractivity contribution is 5.75. The molecule has 1 saturated heterocycles. The van der Waals surface area contributed by atoms with Crippen LogP contribution < -0.4 is 5.32 Å². The molecule has 0 bridgehead atoms. The number of carbonyl (C=O) groups is 2. The topological polar surface area (TPSA) is 58.6 Å². The van der Waals surface area contributed by atoms with Crippen molar-refractivity contribution in [2.24, 2.45) is 5.92 Å². The van der Waals surface area contributed by atoms with Gasteiger partial charge in [0.15, 0.2) is 0 Å². The number of urea groups is 1. The molecule has 0 spiro atoms. The maximum absolute atomic E-state index is 13.7. The van der Waals surface area contributed by atoms with Crippen LogP contribution in [-0.2, 0) is 16.0 Å². The maximum Gasteiger partial charge on any atom is 0.317 e. The molecule has 2 amide bonds. The van der Waals surface area contributed by atoms with Gasteiger partial charge in [-0.1, -0.05) is 6.07 Å². The zero-order valence-electron chi connectivity index (χ0n) is 15.1. The third kappa shape index (κ3) is 5.97. The zero-order chi connectivity index (χ0) is 18.9. The molecule has 1 fully saturated rings. The van der Waals surface area contributed by atoms with Crippen molar-refractivity contribution in [3.8, 4) is 0 Å². The summed E-state index contributed by atoms with van der Waals surface area (Å²) in [5, 5.41) is 2.72. The Morgan fingerprint density at radius 3 is 2.73 bits per heavy atom. The molecular formula is C19H26F2N2O3. The highest BCUT2D eigenvalue weighted by atomic mass is 19.1. The summed E-state index contributed by atoms with van der Waals surface area (Å²) in [7, 11) is 0. The molecule has 144 valence electrons. The van der Waals surface area contributed by atoms with Gasteiger partial charge in [-0.3, -0.25) is 4.79 Å². The van der Waals surface area contributed by atoms with E-state index in [-0.39, 0.29) is 36.4 Å². The number of likely N-dealkylation sites (tertiary alicyclic amines) is 1. The molecule has 0 unspecified atom stereocenters. The van der Waals surface area contributed by atoms with E-state index in [1.165, 1.54) is 18.2 Å². The van der Waals surface area contributed by atoms with E-state index >= 15 is 0 Å². The van der Waals surface area contributed by atoms with Crippen LogP contribution in [-0.4, -0.2) is 43.1 Å². The predicted octanol–water partition coefficient (Wildman–Crippen LogP) is 3.27. The third-order valence-electron chi connectivity index (χ3n) is 4.58. The minimum atomic E-state index is -0.519. The second-order valence-electron chi connectivity index (χ2n) is 6.48. The van der Waals surface area contributed by atoms with Crippen LogP contribution in [0.4, 0.5) is 13.6 Å². The number of hydrogen-bond donors (Lipinski definition) is 1. The molecule has 1 atom stereocenters. The smallest absolute Gasteiger partial charge is 0.317 e. The summed E-state index contributed by atoms with van der Waals surface area (Å²) in [5.41, 5.74) is 0.114. The molecule has 5 nitrogen and oxygen atoms in total. The average molecular weight is 368 g/mol. The minimum absolute atomic E-state index is 0.114. The Balaban J connectivity index is 1.77. The van der Waals surface area contributed by atoms with Gasteiger partial charge in [-0.2, -0.15) is 0 Å². The molecular weight excluding hydrogens is 342 g/mol. The summed E-state index contributed by atoms with van der Waals surface area (Å²) in [6.45, 7) is 3.50. The molecule has 0 radical (unpaired) electrons. The van der Waals surface area contributed by atoms with E-state index < -0.39 is 11.6 Å². The van der Waals surface area contributed by atoms with Gasteiger partial charge in [0.1, 0.15) is 11.6 Å².